The normalized spacial score (nSPS) is 10.9. The van der Waals surface area contributed by atoms with E-state index in [1.165, 1.54) is 38.5 Å². The SMILES string of the molecule is CCCCCCCCCc1c(O)cc(N)c(C)c1C. The molecule has 0 saturated carbocycles. The molecule has 1 rings (SSSR count). The van der Waals surface area contributed by atoms with Gasteiger partial charge in [0.1, 0.15) is 5.75 Å². The van der Waals surface area contributed by atoms with Crippen LogP contribution in [0.5, 0.6) is 5.75 Å². The van der Waals surface area contributed by atoms with Crippen LogP contribution < -0.4 is 5.73 Å². The van der Waals surface area contributed by atoms with Gasteiger partial charge in [-0.2, -0.15) is 0 Å². The van der Waals surface area contributed by atoms with Crippen LogP contribution >= 0.6 is 0 Å². The summed E-state index contributed by atoms with van der Waals surface area (Å²) in [5.74, 6) is 0.367. The Labute approximate surface area is 118 Å². The molecule has 19 heavy (non-hydrogen) atoms. The quantitative estimate of drug-likeness (QED) is 0.518. The van der Waals surface area contributed by atoms with Crippen LogP contribution in [-0.4, -0.2) is 5.11 Å². The maximum Gasteiger partial charge on any atom is 0.121 e. The molecular formula is C17H29NO. The van der Waals surface area contributed by atoms with E-state index < -0.39 is 0 Å². The van der Waals surface area contributed by atoms with Crippen LogP contribution in [0.2, 0.25) is 0 Å². The van der Waals surface area contributed by atoms with Crippen LogP contribution in [0.4, 0.5) is 5.69 Å². The van der Waals surface area contributed by atoms with E-state index in [9.17, 15) is 5.11 Å². The number of nitrogens with two attached hydrogens (primary N) is 1. The zero-order valence-corrected chi connectivity index (χ0v) is 12.8. The summed E-state index contributed by atoms with van der Waals surface area (Å²) in [6, 6.07) is 1.69. The Morgan fingerprint density at radius 1 is 0.947 bits per heavy atom. The van der Waals surface area contributed by atoms with Gasteiger partial charge in [0.25, 0.3) is 0 Å². The van der Waals surface area contributed by atoms with E-state index in [1.54, 1.807) is 6.07 Å². The molecule has 2 nitrogen and oxygen atoms in total. The maximum atomic E-state index is 9.99. The second-order valence-corrected chi connectivity index (χ2v) is 5.58. The molecule has 0 fully saturated rings. The number of hydrogen-bond acceptors (Lipinski definition) is 2. The molecule has 0 heterocycles. The molecule has 0 aromatic heterocycles. The number of anilines is 1. The number of unbranched alkanes of at least 4 members (excludes halogenated alkanes) is 6. The zero-order valence-electron chi connectivity index (χ0n) is 12.8. The average molecular weight is 263 g/mol. The molecule has 1 aromatic rings. The van der Waals surface area contributed by atoms with Gasteiger partial charge in [-0.25, -0.2) is 0 Å². The van der Waals surface area contributed by atoms with Gasteiger partial charge in [0, 0.05) is 11.8 Å². The summed E-state index contributed by atoms with van der Waals surface area (Å²) in [4.78, 5) is 0. The third kappa shape index (κ3) is 4.77. The lowest BCUT2D eigenvalue weighted by atomic mass is 9.96. The minimum atomic E-state index is 0.367. The van der Waals surface area contributed by atoms with Crippen molar-refractivity contribution < 1.29 is 5.11 Å². The van der Waals surface area contributed by atoms with Gasteiger partial charge < -0.3 is 10.8 Å². The number of phenols is 1. The molecule has 0 bridgehead atoms. The first-order chi connectivity index (χ1) is 9.07. The fraction of sp³-hybridized carbons (Fsp3) is 0.647. The molecule has 0 aliphatic heterocycles. The van der Waals surface area contributed by atoms with E-state index in [1.807, 2.05) is 6.92 Å². The molecule has 0 aliphatic carbocycles. The third-order valence-electron chi connectivity index (χ3n) is 4.08. The van der Waals surface area contributed by atoms with Crippen molar-refractivity contribution in [3.63, 3.8) is 0 Å². The van der Waals surface area contributed by atoms with Gasteiger partial charge in [-0.05, 0) is 43.4 Å². The summed E-state index contributed by atoms with van der Waals surface area (Å²) in [5, 5.41) is 9.99. The van der Waals surface area contributed by atoms with Crippen molar-refractivity contribution >= 4 is 5.69 Å². The highest BCUT2D eigenvalue weighted by Crippen LogP contribution is 2.30. The first kappa shape index (κ1) is 15.9. The topological polar surface area (TPSA) is 46.2 Å². The Bertz CT molecular complexity index is 399. The van der Waals surface area contributed by atoms with Crippen molar-refractivity contribution in [2.75, 3.05) is 5.73 Å². The van der Waals surface area contributed by atoms with Gasteiger partial charge in [0.05, 0.1) is 0 Å². The van der Waals surface area contributed by atoms with Gasteiger partial charge in [-0.15, -0.1) is 0 Å². The van der Waals surface area contributed by atoms with Crippen molar-refractivity contribution in [3.05, 3.63) is 22.8 Å². The van der Waals surface area contributed by atoms with Gasteiger partial charge in [-0.1, -0.05) is 45.4 Å². The standard InChI is InChI=1S/C17H29NO/c1-4-5-6-7-8-9-10-11-15-13(2)14(3)16(18)12-17(15)19/h12,19H,4-11,18H2,1-3H3. The molecule has 0 spiro atoms. The largest absolute Gasteiger partial charge is 0.508 e. The van der Waals surface area contributed by atoms with Gasteiger partial charge in [-0.3, -0.25) is 0 Å². The number of hydrogen-bond donors (Lipinski definition) is 2. The highest BCUT2D eigenvalue weighted by molar-refractivity contribution is 5.58. The molecule has 108 valence electrons. The van der Waals surface area contributed by atoms with Gasteiger partial charge >= 0.3 is 0 Å². The number of benzene rings is 1. The van der Waals surface area contributed by atoms with E-state index in [4.69, 9.17) is 5.73 Å². The van der Waals surface area contributed by atoms with Crippen molar-refractivity contribution in [1.29, 1.82) is 0 Å². The van der Waals surface area contributed by atoms with E-state index >= 15 is 0 Å². The summed E-state index contributed by atoms with van der Waals surface area (Å²) in [6.45, 7) is 6.33. The Morgan fingerprint density at radius 3 is 2.16 bits per heavy atom. The van der Waals surface area contributed by atoms with Gasteiger partial charge in [0.15, 0.2) is 0 Å². The van der Waals surface area contributed by atoms with Crippen LogP contribution in [0.3, 0.4) is 0 Å². The van der Waals surface area contributed by atoms with Crippen molar-refractivity contribution in [1.82, 2.24) is 0 Å². The Hall–Kier alpha value is -1.18. The van der Waals surface area contributed by atoms with Crippen molar-refractivity contribution in [3.8, 4) is 5.75 Å². The van der Waals surface area contributed by atoms with Crippen LogP contribution in [0.25, 0.3) is 0 Å². The molecular weight excluding hydrogens is 234 g/mol. The first-order valence-corrected chi connectivity index (χ1v) is 7.65. The molecule has 0 aliphatic rings. The number of nitrogen functional groups attached to an aromatic ring is 1. The lowest BCUT2D eigenvalue weighted by Crippen LogP contribution is -1.99. The second kappa shape index (κ2) is 8.08. The zero-order chi connectivity index (χ0) is 14.3. The van der Waals surface area contributed by atoms with Crippen LogP contribution in [0, 0.1) is 13.8 Å². The summed E-state index contributed by atoms with van der Waals surface area (Å²) in [6.07, 6.45) is 10.1. The van der Waals surface area contributed by atoms with Crippen LogP contribution in [0.1, 0.15) is 68.6 Å². The third-order valence-corrected chi connectivity index (χ3v) is 4.08. The highest BCUT2D eigenvalue weighted by atomic mass is 16.3. The number of aromatic hydroxyl groups is 1. The predicted octanol–water partition coefficient (Wildman–Crippen LogP) is 4.88. The fourth-order valence-electron chi connectivity index (χ4n) is 2.55. The monoisotopic (exact) mass is 263 g/mol. The lowest BCUT2D eigenvalue weighted by Gasteiger charge is -2.13. The van der Waals surface area contributed by atoms with Crippen molar-refractivity contribution in [2.45, 2.75) is 72.1 Å². The molecule has 0 radical (unpaired) electrons. The Morgan fingerprint density at radius 2 is 1.53 bits per heavy atom. The number of phenolic OH excluding ortho intramolecular Hbond substituents is 1. The summed E-state index contributed by atoms with van der Waals surface area (Å²) in [5.41, 5.74) is 9.89. The van der Waals surface area contributed by atoms with E-state index in [-0.39, 0.29) is 0 Å². The highest BCUT2D eigenvalue weighted by Gasteiger charge is 2.10. The average Bonchev–Trinajstić information content (AvgIpc) is 2.38. The molecule has 1 aromatic carbocycles. The smallest absolute Gasteiger partial charge is 0.121 e. The first-order valence-electron chi connectivity index (χ1n) is 7.65. The number of rotatable bonds is 8. The maximum absolute atomic E-state index is 9.99. The summed E-state index contributed by atoms with van der Waals surface area (Å²) in [7, 11) is 0. The van der Waals surface area contributed by atoms with Crippen LogP contribution in [0.15, 0.2) is 6.07 Å². The minimum absolute atomic E-state index is 0.367. The van der Waals surface area contributed by atoms with Gasteiger partial charge in [0.2, 0.25) is 0 Å². The predicted molar refractivity (Wildman–Crippen MR) is 83.7 cm³/mol. The molecule has 0 saturated heterocycles. The lowest BCUT2D eigenvalue weighted by molar-refractivity contribution is 0.465. The van der Waals surface area contributed by atoms with E-state index in [0.717, 1.165) is 29.5 Å². The molecule has 3 N–H and O–H groups in total. The second-order valence-electron chi connectivity index (χ2n) is 5.58. The summed E-state index contributed by atoms with van der Waals surface area (Å²) >= 11 is 0. The molecule has 0 unspecified atom stereocenters. The van der Waals surface area contributed by atoms with Crippen LogP contribution in [-0.2, 0) is 6.42 Å². The molecule has 0 atom stereocenters. The minimum Gasteiger partial charge on any atom is -0.508 e. The fourth-order valence-corrected chi connectivity index (χ4v) is 2.55. The molecule has 0 amide bonds. The Balaban J connectivity index is 2.39. The summed E-state index contributed by atoms with van der Waals surface area (Å²) < 4.78 is 0. The van der Waals surface area contributed by atoms with Crippen molar-refractivity contribution in [2.24, 2.45) is 0 Å². The van der Waals surface area contributed by atoms with E-state index in [2.05, 4.69) is 13.8 Å². The Kier molecular flexibility index (Phi) is 6.75. The molecule has 2 heteroatoms. The van der Waals surface area contributed by atoms with E-state index in [0.29, 0.717) is 11.4 Å².